The summed E-state index contributed by atoms with van der Waals surface area (Å²) in [5, 5.41) is 6.91. The number of hydrogen-bond donors (Lipinski definition) is 0. The lowest BCUT2D eigenvalue weighted by molar-refractivity contribution is 1.02. The molecule has 4 aromatic carbocycles. The average Bonchev–Trinajstić information content (AvgIpc) is 2.97. The fraction of sp³-hybridized carbons (Fsp3) is 0.0435. The van der Waals surface area contributed by atoms with Crippen LogP contribution in [0.25, 0.3) is 33.7 Å². The maximum absolute atomic E-state index is 2.39. The van der Waals surface area contributed by atoms with Crippen LogP contribution in [0.4, 0.5) is 0 Å². The van der Waals surface area contributed by atoms with Crippen molar-refractivity contribution in [1.82, 2.24) is 0 Å². The Kier molecular flexibility index (Phi) is 1.98. The standard InChI is InChI=1S/C23H14/c1-2-7-19-16(4-1)12-18-13-17-9-8-14-5-3-6-15-10-11-20(22(18)19)23(17)21(14)15/h1-13,22H. The molecular weight excluding hydrogens is 276 g/mol. The van der Waals surface area contributed by atoms with Gasteiger partial charge in [0.1, 0.15) is 0 Å². The van der Waals surface area contributed by atoms with Crippen molar-refractivity contribution in [1.29, 1.82) is 0 Å². The van der Waals surface area contributed by atoms with Crippen molar-refractivity contribution in [3.63, 3.8) is 0 Å². The van der Waals surface area contributed by atoms with Crippen molar-refractivity contribution >= 4 is 33.7 Å². The molecule has 0 amide bonds. The van der Waals surface area contributed by atoms with E-state index in [0.717, 1.165) is 0 Å². The molecule has 0 spiro atoms. The van der Waals surface area contributed by atoms with E-state index in [1.165, 1.54) is 49.0 Å². The molecule has 2 aliphatic rings. The first-order valence-corrected chi connectivity index (χ1v) is 8.16. The minimum Gasteiger partial charge on any atom is -0.0619 e. The molecule has 23 heavy (non-hydrogen) atoms. The maximum atomic E-state index is 2.39. The van der Waals surface area contributed by atoms with Crippen LogP contribution in [0.15, 0.2) is 72.3 Å². The number of fused-ring (bicyclic) bond motifs is 4. The summed E-state index contributed by atoms with van der Waals surface area (Å²) in [6, 6.07) is 24.6. The summed E-state index contributed by atoms with van der Waals surface area (Å²) in [4.78, 5) is 0. The van der Waals surface area contributed by atoms with E-state index < -0.39 is 0 Å². The third-order valence-electron chi connectivity index (χ3n) is 5.44. The number of rotatable bonds is 0. The van der Waals surface area contributed by atoms with Gasteiger partial charge in [0.05, 0.1) is 0 Å². The van der Waals surface area contributed by atoms with Crippen molar-refractivity contribution in [3.8, 4) is 0 Å². The largest absolute Gasteiger partial charge is 0.0619 e. The lowest BCUT2D eigenvalue weighted by Crippen LogP contribution is -2.15. The van der Waals surface area contributed by atoms with E-state index in [-0.39, 0.29) is 0 Å². The van der Waals surface area contributed by atoms with Crippen LogP contribution in [0.1, 0.15) is 22.6 Å². The number of benzene rings is 4. The summed E-state index contributed by atoms with van der Waals surface area (Å²) in [7, 11) is 0. The van der Waals surface area contributed by atoms with Gasteiger partial charge < -0.3 is 0 Å². The number of allylic oxidation sites excluding steroid dienone is 1. The summed E-state index contributed by atoms with van der Waals surface area (Å²) < 4.78 is 0. The monoisotopic (exact) mass is 290 g/mol. The van der Waals surface area contributed by atoms with E-state index >= 15 is 0 Å². The second-order valence-electron chi connectivity index (χ2n) is 6.61. The van der Waals surface area contributed by atoms with Gasteiger partial charge in [-0.3, -0.25) is 0 Å². The predicted octanol–water partition coefficient (Wildman–Crippen LogP) is 5.03. The molecule has 0 radical (unpaired) electrons. The van der Waals surface area contributed by atoms with Gasteiger partial charge in [0.25, 0.3) is 0 Å². The summed E-state index contributed by atoms with van der Waals surface area (Å²) in [6.07, 6.45) is 4.74. The van der Waals surface area contributed by atoms with E-state index in [4.69, 9.17) is 0 Å². The van der Waals surface area contributed by atoms with E-state index in [1.54, 1.807) is 0 Å². The summed E-state index contributed by atoms with van der Waals surface area (Å²) >= 11 is 0. The topological polar surface area (TPSA) is 0 Å². The molecule has 6 rings (SSSR count). The third-order valence-corrected chi connectivity index (χ3v) is 5.44. The summed E-state index contributed by atoms with van der Waals surface area (Å²) in [6.45, 7) is 0. The molecule has 0 N–H and O–H groups in total. The molecule has 0 bridgehead atoms. The van der Waals surface area contributed by atoms with Gasteiger partial charge >= 0.3 is 0 Å². The van der Waals surface area contributed by atoms with E-state index in [9.17, 15) is 0 Å². The molecule has 0 fully saturated rings. The molecule has 0 heterocycles. The Morgan fingerprint density at radius 2 is 1.39 bits per heavy atom. The molecule has 0 saturated carbocycles. The lowest BCUT2D eigenvalue weighted by atomic mass is 9.80. The minimum atomic E-state index is 0.397. The van der Waals surface area contributed by atoms with Crippen LogP contribution in [0, 0.1) is 0 Å². The first-order chi connectivity index (χ1) is 11.4. The Labute approximate surface area is 134 Å². The molecule has 1 unspecified atom stereocenters. The van der Waals surface area contributed by atoms with Crippen molar-refractivity contribution < 1.29 is 0 Å². The SMILES string of the molecule is C1=C2C=c3ccc4cccc5ccc(c3c54)C2c2ccccc21. The molecule has 1 atom stereocenters. The van der Waals surface area contributed by atoms with E-state index in [2.05, 4.69) is 78.9 Å². The minimum absolute atomic E-state index is 0.397. The van der Waals surface area contributed by atoms with Gasteiger partial charge in [0, 0.05) is 5.92 Å². The first-order valence-electron chi connectivity index (χ1n) is 8.16. The van der Waals surface area contributed by atoms with Gasteiger partial charge in [0.2, 0.25) is 0 Å². The third kappa shape index (κ3) is 1.37. The van der Waals surface area contributed by atoms with Crippen molar-refractivity contribution in [3.05, 3.63) is 94.2 Å². The van der Waals surface area contributed by atoms with Gasteiger partial charge in [-0.15, -0.1) is 0 Å². The molecule has 2 aliphatic carbocycles. The fourth-order valence-electron chi connectivity index (χ4n) is 4.50. The normalized spacial score (nSPS) is 17.7. The van der Waals surface area contributed by atoms with Crippen molar-refractivity contribution in [2.75, 3.05) is 0 Å². The molecule has 106 valence electrons. The summed E-state index contributed by atoms with van der Waals surface area (Å²) in [5.41, 5.74) is 5.70. The molecule has 0 aliphatic heterocycles. The van der Waals surface area contributed by atoms with Crippen molar-refractivity contribution in [2.24, 2.45) is 0 Å². The lowest BCUT2D eigenvalue weighted by Gasteiger charge is -2.23. The Bertz CT molecular complexity index is 1190. The van der Waals surface area contributed by atoms with Crippen LogP contribution in [-0.2, 0) is 0 Å². The van der Waals surface area contributed by atoms with Crippen molar-refractivity contribution in [2.45, 2.75) is 5.92 Å². The van der Waals surface area contributed by atoms with Gasteiger partial charge in [-0.25, -0.2) is 0 Å². The molecule has 0 saturated heterocycles. The highest BCUT2D eigenvalue weighted by molar-refractivity contribution is 6.13. The highest BCUT2D eigenvalue weighted by Gasteiger charge is 2.29. The maximum Gasteiger partial charge on any atom is 0.0352 e. The molecule has 4 aromatic rings. The Hall–Kier alpha value is -2.86. The molecule has 0 nitrogen and oxygen atoms in total. The average molecular weight is 290 g/mol. The van der Waals surface area contributed by atoms with E-state index in [0.29, 0.717) is 5.92 Å². The predicted molar refractivity (Wildman–Crippen MR) is 97.4 cm³/mol. The zero-order valence-electron chi connectivity index (χ0n) is 12.6. The second kappa shape index (κ2) is 3.91. The van der Waals surface area contributed by atoms with Gasteiger partial charge in [0.15, 0.2) is 0 Å². The Balaban J connectivity index is 1.84. The van der Waals surface area contributed by atoms with E-state index in [1.807, 2.05) is 0 Å². The molecular formula is C23H14. The Morgan fingerprint density at radius 3 is 2.30 bits per heavy atom. The van der Waals surface area contributed by atoms with Crippen LogP contribution in [0.3, 0.4) is 0 Å². The van der Waals surface area contributed by atoms with Crippen LogP contribution in [0.5, 0.6) is 0 Å². The van der Waals surface area contributed by atoms with Crippen LogP contribution in [-0.4, -0.2) is 0 Å². The zero-order valence-corrected chi connectivity index (χ0v) is 12.6. The molecule has 0 aromatic heterocycles. The van der Waals surface area contributed by atoms with Gasteiger partial charge in [-0.2, -0.15) is 0 Å². The fourth-order valence-corrected chi connectivity index (χ4v) is 4.50. The van der Waals surface area contributed by atoms with Gasteiger partial charge in [-0.1, -0.05) is 78.9 Å². The van der Waals surface area contributed by atoms with Crippen LogP contribution < -0.4 is 5.22 Å². The first kappa shape index (κ1) is 11.7. The Morgan fingerprint density at radius 1 is 0.565 bits per heavy atom. The summed E-state index contributed by atoms with van der Waals surface area (Å²) in [5.74, 6) is 0.397. The quantitative estimate of drug-likeness (QED) is 0.426. The highest BCUT2D eigenvalue weighted by Crippen LogP contribution is 2.46. The van der Waals surface area contributed by atoms with Crippen LogP contribution >= 0.6 is 0 Å². The smallest absolute Gasteiger partial charge is 0.0352 e. The number of hydrogen-bond acceptors (Lipinski definition) is 0. The highest BCUT2D eigenvalue weighted by atomic mass is 14.3. The zero-order chi connectivity index (χ0) is 15.0. The van der Waals surface area contributed by atoms with Crippen LogP contribution in [0.2, 0.25) is 0 Å². The second-order valence-corrected chi connectivity index (χ2v) is 6.61. The molecule has 0 heteroatoms. The van der Waals surface area contributed by atoms with Gasteiger partial charge in [-0.05, 0) is 49.0 Å².